The molecule has 2 heterocycles. The van der Waals surface area contributed by atoms with Gasteiger partial charge in [-0.05, 0) is 12.0 Å². The molecule has 1 aliphatic heterocycles. The zero-order valence-electron chi connectivity index (χ0n) is 13.5. The summed E-state index contributed by atoms with van der Waals surface area (Å²) in [6.07, 6.45) is -1.56. The maximum Gasteiger partial charge on any atom is 0.280 e. The number of fused-ring (bicyclic) bond motifs is 1. The van der Waals surface area contributed by atoms with Crippen molar-refractivity contribution in [3.63, 3.8) is 0 Å². The molecule has 3 rings (SSSR count). The summed E-state index contributed by atoms with van der Waals surface area (Å²) in [6, 6.07) is 7.00. The van der Waals surface area contributed by atoms with Crippen LogP contribution in [-0.4, -0.2) is 22.3 Å². The number of benzene rings is 1. The van der Waals surface area contributed by atoms with Crippen LogP contribution in [0.15, 0.2) is 30.5 Å². The number of ether oxygens (including phenoxy) is 1. The van der Waals surface area contributed by atoms with Crippen LogP contribution < -0.4 is 10.1 Å². The molecule has 1 aromatic heterocycles. The molecular weight excluding hydrogens is 316 g/mol. The summed E-state index contributed by atoms with van der Waals surface area (Å²) in [5, 5.41) is 6.72. The molecule has 1 aliphatic rings. The van der Waals surface area contributed by atoms with Gasteiger partial charge in [0.15, 0.2) is 0 Å². The Morgan fingerprint density at radius 2 is 2.17 bits per heavy atom. The van der Waals surface area contributed by atoms with Gasteiger partial charge in [-0.3, -0.25) is 9.48 Å². The maximum atomic E-state index is 13.4. The SMILES string of the molecule is CC(C)Cn1ncc(C(=O)N[C@H]2COc3ccccc32)c1C(F)F. The summed E-state index contributed by atoms with van der Waals surface area (Å²) in [7, 11) is 0. The van der Waals surface area contributed by atoms with E-state index in [0.29, 0.717) is 12.3 Å². The smallest absolute Gasteiger partial charge is 0.280 e. The van der Waals surface area contributed by atoms with Gasteiger partial charge in [0.05, 0.1) is 17.8 Å². The van der Waals surface area contributed by atoms with Gasteiger partial charge in [0, 0.05) is 12.1 Å². The second-order valence-corrected chi connectivity index (χ2v) is 6.20. The van der Waals surface area contributed by atoms with E-state index in [1.165, 1.54) is 10.9 Å². The first-order valence-electron chi connectivity index (χ1n) is 7.83. The van der Waals surface area contributed by atoms with Crippen LogP contribution in [0, 0.1) is 5.92 Å². The molecule has 0 radical (unpaired) electrons. The van der Waals surface area contributed by atoms with Gasteiger partial charge in [0.25, 0.3) is 12.3 Å². The lowest BCUT2D eigenvalue weighted by Crippen LogP contribution is -2.30. The Morgan fingerprint density at radius 1 is 1.42 bits per heavy atom. The van der Waals surface area contributed by atoms with E-state index in [1.807, 2.05) is 38.1 Å². The van der Waals surface area contributed by atoms with Gasteiger partial charge in [-0.15, -0.1) is 0 Å². The van der Waals surface area contributed by atoms with Gasteiger partial charge in [0.2, 0.25) is 0 Å². The molecule has 0 fully saturated rings. The molecule has 0 saturated carbocycles. The number of carbonyl (C=O) groups excluding carboxylic acids is 1. The van der Waals surface area contributed by atoms with Crippen molar-refractivity contribution in [3.05, 3.63) is 47.3 Å². The number of hydrogen-bond acceptors (Lipinski definition) is 3. The Morgan fingerprint density at radius 3 is 2.88 bits per heavy atom. The van der Waals surface area contributed by atoms with E-state index < -0.39 is 12.3 Å². The highest BCUT2D eigenvalue weighted by Crippen LogP contribution is 2.32. The number of alkyl halides is 2. The quantitative estimate of drug-likeness (QED) is 0.912. The van der Waals surface area contributed by atoms with Crippen molar-refractivity contribution < 1.29 is 18.3 Å². The van der Waals surface area contributed by atoms with Gasteiger partial charge in [-0.1, -0.05) is 32.0 Å². The molecule has 5 nitrogen and oxygen atoms in total. The molecule has 0 spiro atoms. The Kier molecular flexibility index (Phi) is 4.51. The van der Waals surface area contributed by atoms with Gasteiger partial charge in [-0.25, -0.2) is 8.78 Å². The van der Waals surface area contributed by atoms with Crippen molar-refractivity contribution in [2.24, 2.45) is 5.92 Å². The fourth-order valence-corrected chi connectivity index (χ4v) is 2.81. The van der Waals surface area contributed by atoms with E-state index in [1.54, 1.807) is 0 Å². The molecule has 1 atom stereocenters. The maximum absolute atomic E-state index is 13.4. The number of carbonyl (C=O) groups is 1. The van der Waals surface area contributed by atoms with Crippen molar-refractivity contribution in [3.8, 4) is 5.75 Å². The highest BCUT2D eigenvalue weighted by molar-refractivity contribution is 5.95. The van der Waals surface area contributed by atoms with E-state index in [0.717, 1.165) is 5.56 Å². The third kappa shape index (κ3) is 3.11. The van der Waals surface area contributed by atoms with Gasteiger partial charge >= 0.3 is 0 Å². The lowest BCUT2D eigenvalue weighted by atomic mass is 10.1. The summed E-state index contributed by atoms with van der Waals surface area (Å²) in [5.74, 6) is 0.284. The van der Waals surface area contributed by atoms with E-state index in [4.69, 9.17) is 4.74 Å². The first-order chi connectivity index (χ1) is 11.5. The van der Waals surface area contributed by atoms with Crippen LogP contribution in [0.5, 0.6) is 5.75 Å². The first kappa shape index (κ1) is 16.4. The van der Waals surface area contributed by atoms with Gasteiger partial charge < -0.3 is 10.1 Å². The fraction of sp³-hybridized carbons (Fsp3) is 0.412. The highest BCUT2D eigenvalue weighted by Gasteiger charge is 2.29. The average molecular weight is 335 g/mol. The normalized spacial score (nSPS) is 16.3. The van der Waals surface area contributed by atoms with Crippen LogP contribution in [0.3, 0.4) is 0 Å². The number of hydrogen-bond donors (Lipinski definition) is 1. The van der Waals surface area contributed by atoms with E-state index >= 15 is 0 Å². The number of rotatable bonds is 5. The number of nitrogens with zero attached hydrogens (tertiary/aromatic N) is 2. The average Bonchev–Trinajstić information content (AvgIpc) is 3.11. The molecule has 128 valence electrons. The molecule has 0 saturated heterocycles. The predicted octanol–water partition coefficient (Wildman–Crippen LogP) is 3.34. The highest BCUT2D eigenvalue weighted by atomic mass is 19.3. The second-order valence-electron chi connectivity index (χ2n) is 6.20. The van der Waals surface area contributed by atoms with Crippen LogP contribution in [0.2, 0.25) is 0 Å². The largest absolute Gasteiger partial charge is 0.491 e. The minimum absolute atomic E-state index is 0.0879. The molecule has 2 aromatic rings. The lowest BCUT2D eigenvalue weighted by Gasteiger charge is -2.13. The monoisotopic (exact) mass is 335 g/mol. The summed E-state index contributed by atoms with van der Waals surface area (Å²) in [4.78, 5) is 12.5. The summed E-state index contributed by atoms with van der Waals surface area (Å²) < 4.78 is 33.5. The van der Waals surface area contributed by atoms with Crippen molar-refractivity contribution in [2.75, 3.05) is 6.61 Å². The first-order valence-corrected chi connectivity index (χ1v) is 7.83. The summed E-state index contributed by atoms with van der Waals surface area (Å²) >= 11 is 0. The van der Waals surface area contributed by atoms with Crippen molar-refractivity contribution in [1.29, 1.82) is 0 Å². The van der Waals surface area contributed by atoms with E-state index in [-0.39, 0.29) is 29.8 Å². The minimum Gasteiger partial charge on any atom is -0.491 e. The van der Waals surface area contributed by atoms with Crippen LogP contribution in [0.4, 0.5) is 8.78 Å². The number of para-hydroxylation sites is 1. The van der Waals surface area contributed by atoms with Crippen LogP contribution in [0.1, 0.15) is 47.9 Å². The Balaban J connectivity index is 1.82. The van der Waals surface area contributed by atoms with Crippen LogP contribution in [-0.2, 0) is 6.54 Å². The molecule has 1 amide bonds. The molecular formula is C17H19F2N3O2. The minimum atomic E-state index is -2.76. The Labute approximate surface area is 138 Å². The lowest BCUT2D eigenvalue weighted by molar-refractivity contribution is 0.0912. The zero-order valence-corrected chi connectivity index (χ0v) is 13.5. The van der Waals surface area contributed by atoms with Gasteiger partial charge in [0.1, 0.15) is 18.1 Å². The molecule has 7 heteroatoms. The molecule has 24 heavy (non-hydrogen) atoms. The fourth-order valence-electron chi connectivity index (χ4n) is 2.81. The van der Waals surface area contributed by atoms with Crippen molar-refractivity contribution in [2.45, 2.75) is 32.9 Å². The third-order valence-corrected chi connectivity index (χ3v) is 3.87. The standard InChI is InChI=1S/C17H19F2N3O2/c1-10(2)8-22-15(16(18)19)12(7-20-22)17(23)21-13-9-24-14-6-4-3-5-11(13)14/h3-7,10,13,16H,8-9H2,1-2H3,(H,21,23)/t13-/m0/s1. The van der Waals surface area contributed by atoms with Crippen LogP contribution in [0.25, 0.3) is 0 Å². The number of amides is 1. The van der Waals surface area contributed by atoms with Gasteiger partial charge in [-0.2, -0.15) is 5.10 Å². The third-order valence-electron chi connectivity index (χ3n) is 3.87. The van der Waals surface area contributed by atoms with Crippen molar-refractivity contribution >= 4 is 5.91 Å². The van der Waals surface area contributed by atoms with Crippen LogP contribution >= 0.6 is 0 Å². The van der Waals surface area contributed by atoms with E-state index in [9.17, 15) is 13.6 Å². The zero-order chi connectivity index (χ0) is 17.3. The predicted molar refractivity (Wildman–Crippen MR) is 84.2 cm³/mol. The summed E-state index contributed by atoms with van der Waals surface area (Å²) in [5.41, 5.74) is 0.419. The number of nitrogens with one attached hydrogen (secondary N) is 1. The molecule has 0 bridgehead atoms. The second kappa shape index (κ2) is 6.59. The number of halogens is 2. The Hall–Kier alpha value is -2.44. The summed E-state index contributed by atoms with van der Waals surface area (Å²) in [6.45, 7) is 4.44. The molecule has 1 aromatic carbocycles. The topological polar surface area (TPSA) is 56.2 Å². The molecule has 0 unspecified atom stereocenters. The molecule has 1 N–H and O–H groups in total. The molecule has 0 aliphatic carbocycles. The Bertz CT molecular complexity index is 743. The van der Waals surface area contributed by atoms with E-state index in [2.05, 4.69) is 10.4 Å². The van der Waals surface area contributed by atoms with Crippen molar-refractivity contribution in [1.82, 2.24) is 15.1 Å². The number of aromatic nitrogens is 2.